The van der Waals surface area contributed by atoms with Crippen molar-refractivity contribution in [2.75, 3.05) is 29.7 Å². The fraction of sp³-hybridized carbons (Fsp3) is 0.333. The number of methoxy groups -OCH3 is 1. The topological polar surface area (TPSA) is 81.4 Å². The van der Waals surface area contributed by atoms with E-state index in [2.05, 4.69) is 26.0 Å². The minimum atomic E-state index is -0.269. The van der Waals surface area contributed by atoms with Gasteiger partial charge in [-0.2, -0.15) is 11.8 Å². The van der Waals surface area contributed by atoms with E-state index in [1.54, 1.807) is 18.2 Å². The summed E-state index contributed by atoms with van der Waals surface area (Å²) >= 11 is 4.70. The Morgan fingerprint density at radius 1 is 1.47 bits per heavy atom. The normalized spacial score (nSPS) is 10.0. The molecule has 1 rings (SSSR count). The first-order chi connectivity index (χ1) is 9.02. The molecule has 3 N–H and O–H groups in total. The Bertz CT molecular complexity index is 468. The number of nitrogens with one attached hydrogen (secondary N) is 1. The van der Waals surface area contributed by atoms with Gasteiger partial charge in [-0.25, -0.2) is 0 Å². The Labute approximate surface area is 124 Å². The first-order valence-electron chi connectivity index (χ1n) is 5.52. The van der Waals surface area contributed by atoms with Gasteiger partial charge in [0.05, 0.1) is 25.0 Å². The number of anilines is 2. The van der Waals surface area contributed by atoms with Gasteiger partial charge < -0.3 is 15.8 Å². The molecule has 5 nitrogen and oxygen atoms in total. The van der Waals surface area contributed by atoms with Crippen LogP contribution in [0, 0.1) is 0 Å². The predicted molar refractivity (Wildman–Crippen MR) is 81.1 cm³/mol. The van der Waals surface area contributed by atoms with Crippen molar-refractivity contribution in [3.8, 4) is 0 Å². The van der Waals surface area contributed by atoms with E-state index in [1.807, 2.05) is 0 Å². The van der Waals surface area contributed by atoms with Gasteiger partial charge in [-0.1, -0.05) is 0 Å². The van der Waals surface area contributed by atoms with Crippen molar-refractivity contribution in [1.82, 2.24) is 0 Å². The van der Waals surface area contributed by atoms with Gasteiger partial charge in [0.1, 0.15) is 0 Å². The maximum absolute atomic E-state index is 11.7. The average molecular weight is 347 g/mol. The number of esters is 1. The lowest BCUT2D eigenvalue weighted by molar-refractivity contribution is -0.140. The first-order valence-corrected chi connectivity index (χ1v) is 7.47. The third kappa shape index (κ3) is 5.98. The second-order valence-corrected chi connectivity index (χ2v) is 5.63. The van der Waals surface area contributed by atoms with Crippen molar-refractivity contribution in [2.45, 2.75) is 6.42 Å². The van der Waals surface area contributed by atoms with E-state index < -0.39 is 0 Å². The molecule has 0 heterocycles. The molecule has 0 aliphatic rings. The minimum absolute atomic E-state index is 0.125. The molecule has 0 aliphatic carbocycles. The van der Waals surface area contributed by atoms with Crippen LogP contribution in [0.5, 0.6) is 0 Å². The first kappa shape index (κ1) is 15.8. The van der Waals surface area contributed by atoms with Crippen LogP contribution in [-0.2, 0) is 14.3 Å². The van der Waals surface area contributed by atoms with Crippen LogP contribution in [0.1, 0.15) is 6.42 Å². The molecular formula is C12H15BrN2O3S. The van der Waals surface area contributed by atoms with E-state index in [-0.39, 0.29) is 17.6 Å². The van der Waals surface area contributed by atoms with Gasteiger partial charge in [-0.15, -0.1) is 0 Å². The Morgan fingerprint density at radius 2 is 2.21 bits per heavy atom. The molecule has 0 atom stereocenters. The van der Waals surface area contributed by atoms with E-state index in [0.29, 0.717) is 23.5 Å². The number of carbonyl (C=O) groups excluding carboxylic acids is 2. The lowest BCUT2D eigenvalue weighted by Crippen LogP contribution is -2.15. The summed E-state index contributed by atoms with van der Waals surface area (Å²) in [5, 5.41) is 2.76. The molecule has 19 heavy (non-hydrogen) atoms. The molecule has 0 fully saturated rings. The molecule has 0 spiro atoms. The van der Waals surface area contributed by atoms with Gasteiger partial charge >= 0.3 is 5.97 Å². The number of hydrogen-bond donors (Lipinski definition) is 2. The molecule has 1 aromatic rings. The van der Waals surface area contributed by atoms with E-state index in [4.69, 9.17) is 5.73 Å². The maximum Gasteiger partial charge on any atom is 0.306 e. The highest BCUT2D eigenvalue weighted by Crippen LogP contribution is 2.24. The predicted octanol–water partition coefficient (Wildman–Crippen LogP) is 2.27. The van der Waals surface area contributed by atoms with Crippen LogP contribution in [0.15, 0.2) is 22.7 Å². The van der Waals surface area contributed by atoms with Crippen molar-refractivity contribution >= 4 is 50.9 Å². The Balaban J connectivity index is 2.33. The molecule has 0 unspecified atom stereocenters. The van der Waals surface area contributed by atoms with Crippen LogP contribution >= 0.6 is 27.7 Å². The number of benzene rings is 1. The fourth-order valence-corrected chi connectivity index (χ4v) is 2.45. The Kier molecular flexibility index (Phi) is 6.72. The zero-order valence-corrected chi connectivity index (χ0v) is 12.8. The summed E-state index contributed by atoms with van der Waals surface area (Å²) < 4.78 is 5.25. The monoisotopic (exact) mass is 346 g/mol. The largest absolute Gasteiger partial charge is 0.469 e. The SMILES string of the molecule is COC(=O)CCSCC(=O)Nc1ccc(N)cc1Br. The summed E-state index contributed by atoms with van der Waals surface area (Å²) in [5.41, 5.74) is 6.90. The number of amides is 1. The molecule has 0 bridgehead atoms. The summed E-state index contributed by atoms with van der Waals surface area (Å²) in [4.78, 5) is 22.5. The van der Waals surface area contributed by atoms with Crippen molar-refractivity contribution in [2.24, 2.45) is 0 Å². The van der Waals surface area contributed by atoms with Gasteiger partial charge in [0.2, 0.25) is 5.91 Å². The number of carbonyl (C=O) groups is 2. The molecule has 7 heteroatoms. The lowest BCUT2D eigenvalue weighted by atomic mass is 10.3. The van der Waals surface area contributed by atoms with Gasteiger partial charge in [-0.3, -0.25) is 9.59 Å². The second-order valence-electron chi connectivity index (χ2n) is 3.67. The Hall–Kier alpha value is -1.21. The van der Waals surface area contributed by atoms with Crippen molar-refractivity contribution in [3.05, 3.63) is 22.7 Å². The highest BCUT2D eigenvalue weighted by Gasteiger charge is 2.07. The fourth-order valence-electron chi connectivity index (χ4n) is 1.24. The van der Waals surface area contributed by atoms with Crippen LogP contribution in [0.4, 0.5) is 11.4 Å². The van der Waals surface area contributed by atoms with E-state index >= 15 is 0 Å². The summed E-state index contributed by atoms with van der Waals surface area (Å²) in [6.07, 6.45) is 0.306. The van der Waals surface area contributed by atoms with Crippen molar-refractivity contribution < 1.29 is 14.3 Å². The highest BCUT2D eigenvalue weighted by atomic mass is 79.9. The van der Waals surface area contributed by atoms with E-state index in [1.165, 1.54) is 18.9 Å². The summed E-state index contributed by atoms with van der Waals surface area (Å²) in [6.45, 7) is 0. The molecule has 1 amide bonds. The van der Waals surface area contributed by atoms with Gasteiger partial charge in [-0.05, 0) is 34.1 Å². The van der Waals surface area contributed by atoms with Crippen LogP contribution < -0.4 is 11.1 Å². The van der Waals surface area contributed by atoms with Crippen LogP contribution in [0.2, 0.25) is 0 Å². The third-order valence-electron chi connectivity index (χ3n) is 2.18. The standard InChI is InChI=1S/C12H15BrN2O3S/c1-18-12(17)4-5-19-7-11(16)15-10-3-2-8(14)6-9(10)13/h2-3,6H,4-5,7,14H2,1H3,(H,15,16). The van der Waals surface area contributed by atoms with Crippen molar-refractivity contribution in [3.63, 3.8) is 0 Å². The summed E-state index contributed by atoms with van der Waals surface area (Å²) in [7, 11) is 1.35. The molecule has 104 valence electrons. The zero-order valence-electron chi connectivity index (χ0n) is 10.4. The minimum Gasteiger partial charge on any atom is -0.469 e. The van der Waals surface area contributed by atoms with E-state index in [0.717, 1.165) is 4.47 Å². The summed E-state index contributed by atoms with van der Waals surface area (Å²) in [6, 6.07) is 5.17. The molecule has 0 aromatic heterocycles. The molecule has 0 aliphatic heterocycles. The molecule has 1 aromatic carbocycles. The third-order valence-corrected chi connectivity index (χ3v) is 3.79. The number of nitrogen functional groups attached to an aromatic ring is 1. The number of thioether (sulfide) groups is 1. The van der Waals surface area contributed by atoms with Crippen molar-refractivity contribution in [1.29, 1.82) is 0 Å². The number of halogens is 1. The van der Waals surface area contributed by atoms with Crippen LogP contribution in [-0.4, -0.2) is 30.5 Å². The van der Waals surface area contributed by atoms with Crippen LogP contribution in [0.3, 0.4) is 0 Å². The maximum atomic E-state index is 11.7. The van der Waals surface area contributed by atoms with Gasteiger partial charge in [0, 0.05) is 15.9 Å². The number of rotatable bonds is 6. The van der Waals surface area contributed by atoms with Gasteiger partial charge in [0.25, 0.3) is 0 Å². The Morgan fingerprint density at radius 3 is 2.84 bits per heavy atom. The lowest BCUT2D eigenvalue weighted by Gasteiger charge is -2.07. The second kappa shape index (κ2) is 8.06. The van der Waals surface area contributed by atoms with Gasteiger partial charge in [0.15, 0.2) is 0 Å². The quantitative estimate of drug-likeness (QED) is 0.469. The number of nitrogens with two attached hydrogens (primary N) is 1. The van der Waals surface area contributed by atoms with E-state index in [9.17, 15) is 9.59 Å². The molecular weight excluding hydrogens is 332 g/mol. The molecule has 0 saturated heterocycles. The molecule has 0 radical (unpaired) electrons. The van der Waals surface area contributed by atoms with Crippen LogP contribution in [0.25, 0.3) is 0 Å². The average Bonchev–Trinajstić information content (AvgIpc) is 2.37. The smallest absolute Gasteiger partial charge is 0.306 e. The number of hydrogen-bond acceptors (Lipinski definition) is 5. The molecule has 0 saturated carbocycles. The number of ether oxygens (including phenoxy) is 1. The summed E-state index contributed by atoms with van der Waals surface area (Å²) in [5.74, 6) is 0.450. The highest BCUT2D eigenvalue weighted by molar-refractivity contribution is 9.10. The zero-order chi connectivity index (χ0) is 14.3.